The molecule has 150 valence electrons. The zero-order valence-corrected chi connectivity index (χ0v) is 18.1. The van der Waals surface area contributed by atoms with Crippen molar-refractivity contribution in [1.29, 1.82) is 0 Å². The average Bonchev–Trinajstić information content (AvgIpc) is 2.69. The van der Waals surface area contributed by atoms with Crippen LogP contribution in [0.4, 0.5) is 4.39 Å². The molecule has 8 heteroatoms. The first-order chi connectivity index (χ1) is 13.2. The van der Waals surface area contributed by atoms with E-state index in [-0.39, 0.29) is 37.0 Å². The number of nitrogens with zero attached hydrogens (tertiary/aromatic N) is 2. The highest BCUT2D eigenvalue weighted by Crippen LogP contribution is 2.24. The Kier molecular flexibility index (Phi) is 6.21. The molecule has 2 aromatic rings. The van der Waals surface area contributed by atoms with E-state index in [1.165, 1.54) is 16.4 Å². The first-order valence-corrected chi connectivity index (χ1v) is 11.3. The van der Waals surface area contributed by atoms with E-state index < -0.39 is 15.8 Å². The minimum atomic E-state index is -3.95. The summed E-state index contributed by atoms with van der Waals surface area (Å²) in [6, 6.07) is 11.3. The Morgan fingerprint density at radius 1 is 1.04 bits per heavy atom. The molecule has 0 aromatic heterocycles. The molecule has 1 aliphatic heterocycles. The molecular formula is C20H22BrFN2O3S. The van der Waals surface area contributed by atoms with Crippen LogP contribution in [-0.4, -0.2) is 49.7 Å². The normalized spacial score (nSPS) is 15.8. The molecule has 28 heavy (non-hydrogen) atoms. The van der Waals surface area contributed by atoms with Crippen LogP contribution in [-0.2, 0) is 10.0 Å². The van der Waals surface area contributed by atoms with Gasteiger partial charge in [0.15, 0.2) is 0 Å². The number of benzene rings is 2. The van der Waals surface area contributed by atoms with Crippen LogP contribution >= 0.6 is 15.9 Å². The summed E-state index contributed by atoms with van der Waals surface area (Å²) in [6.45, 7) is 4.96. The SMILES string of the molecule is CC(C)c1ccc(C(=O)N2CCN(S(=O)(=O)c3cc(Br)ccc3F)CC2)cc1. The summed E-state index contributed by atoms with van der Waals surface area (Å²) >= 11 is 3.18. The highest BCUT2D eigenvalue weighted by atomic mass is 79.9. The van der Waals surface area contributed by atoms with E-state index >= 15 is 0 Å². The number of rotatable bonds is 4. The average molecular weight is 469 g/mol. The fourth-order valence-electron chi connectivity index (χ4n) is 3.14. The number of sulfonamides is 1. The first kappa shape index (κ1) is 21.0. The van der Waals surface area contributed by atoms with Gasteiger partial charge in [-0.15, -0.1) is 0 Å². The molecule has 0 atom stereocenters. The molecule has 0 unspecified atom stereocenters. The van der Waals surface area contributed by atoms with Gasteiger partial charge in [0.25, 0.3) is 5.91 Å². The monoisotopic (exact) mass is 468 g/mol. The molecule has 1 aliphatic rings. The molecule has 0 saturated carbocycles. The molecule has 1 heterocycles. The molecule has 0 N–H and O–H groups in total. The van der Waals surface area contributed by atoms with Crippen molar-refractivity contribution < 1.29 is 17.6 Å². The Bertz CT molecular complexity index is 969. The number of halogens is 2. The van der Waals surface area contributed by atoms with Crippen molar-refractivity contribution in [2.24, 2.45) is 0 Å². The predicted octanol–water partition coefficient (Wildman–Crippen LogP) is 3.86. The largest absolute Gasteiger partial charge is 0.336 e. The van der Waals surface area contributed by atoms with Gasteiger partial charge in [0.2, 0.25) is 10.0 Å². The van der Waals surface area contributed by atoms with Gasteiger partial charge in [-0.2, -0.15) is 4.31 Å². The van der Waals surface area contributed by atoms with Crippen LogP contribution in [0.25, 0.3) is 0 Å². The maximum Gasteiger partial charge on any atom is 0.253 e. The summed E-state index contributed by atoms with van der Waals surface area (Å²) < 4.78 is 41.3. The lowest BCUT2D eigenvalue weighted by molar-refractivity contribution is 0.0697. The third kappa shape index (κ3) is 4.29. The fourth-order valence-corrected chi connectivity index (χ4v) is 5.16. The molecule has 0 spiro atoms. The molecule has 1 saturated heterocycles. The van der Waals surface area contributed by atoms with E-state index in [0.29, 0.717) is 16.0 Å². The van der Waals surface area contributed by atoms with E-state index in [9.17, 15) is 17.6 Å². The van der Waals surface area contributed by atoms with Gasteiger partial charge in [-0.05, 0) is 41.8 Å². The Balaban J connectivity index is 1.70. The van der Waals surface area contributed by atoms with E-state index in [1.807, 2.05) is 12.1 Å². The summed E-state index contributed by atoms with van der Waals surface area (Å²) in [7, 11) is -3.95. The third-order valence-corrected chi connectivity index (χ3v) is 7.27. The van der Waals surface area contributed by atoms with Crippen molar-refractivity contribution >= 4 is 31.9 Å². The fraction of sp³-hybridized carbons (Fsp3) is 0.350. The van der Waals surface area contributed by atoms with E-state index in [2.05, 4.69) is 29.8 Å². The second-order valence-electron chi connectivity index (χ2n) is 7.05. The molecule has 1 amide bonds. The van der Waals surface area contributed by atoms with Crippen LogP contribution in [0, 0.1) is 5.82 Å². The Morgan fingerprint density at radius 2 is 1.64 bits per heavy atom. The lowest BCUT2D eigenvalue weighted by Crippen LogP contribution is -2.50. The van der Waals surface area contributed by atoms with Gasteiger partial charge in [0.1, 0.15) is 10.7 Å². The number of hydrogen-bond donors (Lipinski definition) is 0. The number of amides is 1. The van der Waals surface area contributed by atoms with Gasteiger partial charge >= 0.3 is 0 Å². The van der Waals surface area contributed by atoms with E-state index in [0.717, 1.165) is 11.6 Å². The zero-order chi connectivity index (χ0) is 20.5. The molecule has 2 aromatic carbocycles. The lowest BCUT2D eigenvalue weighted by atomic mass is 10.0. The molecular weight excluding hydrogens is 447 g/mol. The highest BCUT2D eigenvalue weighted by molar-refractivity contribution is 9.10. The molecule has 0 radical (unpaired) electrons. The van der Waals surface area contributed by atoms with Gasteiger partial charge in [0.05, 0.1) is 0 Å². The van der Waals surface area contributed by atoms with Crippen molar-refractivity contribution in [1.82, 2.24) is 9.21 Å². The van der Waals surface area contributed by atoms with E-state index in [1.54, 1.807) is 17.0 Å². The number of carbonyl (C=O) groups is 1. The highest BCUT2D eigenvalue weighted by Gasteiger charge is 2.32. The van der Waals surface area contributed by atoms with Crippen molar-refractivity contribution in [3.63, 3.8) is 0 Å². The van der Waals surface area contributed by atoms with Crippen LogP contribution in [0.2, 0.25) is 0 Å². The maximum absolute atomic E-state index is 14.0. The Labute approximate surface area is 173 Å². The smallest absolute Gasteiger partial charge is 0.253 e. The summed E-state index contributed by atoms with van der Waals surface area (Å²) in [5.41, 5.74) is 1.74. The van der Waals surface area contributed by atoms with Crippen LogP contribution in [0.3, 0.4) is 0 Å². The molecule has 5 nitrogen and oxygen atoms in total. The summed E-state index contributed by atoms with van der Waals surface area (Å²) in [5, 5.41) is 0. The number of hydrogen-bond acceptors (Lipinski definition) is 3. The zero-order valence-electron chi connectivity index (χ0n) is 15.7. The molecule has 1 fully saturated rings. The second kappa shape index (κ2) is 8.31. The van der Waals surface area contributed by atoms with Crippen LogP contribution < -0.4 is 0 Å². The second-order valence-corrected chi connectivity index (χ2v) is 9.87. The quantitative estimate of drug-likeness (QED) is 0.684. The van der Waals surface area contributed by atoms with E-state index in [4.69, 9.17) is 0 Å². The van der Waals surface area contributed by atoms with Crippen molar-refractivity contribution in [2.45, 2.75) is 24.7 Å². The summed E-state index contributed by atoms with van der Waals surface area (Å²) in [5.74, 6) is -0.524. The summed E-state index contributed by atoms with van der Waals surface area (Å²) in [6.07, 6.45) is 0. The molecule has 0 aliphatic carbocycles. The minimum absolute atomic E-state index is 0.124. The third-order valence-electron chi connectivity index (χ3n) is 4.86. The first-order valence-electron chi connectivity index (χ1n) is 9.04. The minimum Gasteiger partial charge on any atom is -0.336 e. The number of carbonyl (C=O) groups excluding carboxylic acids is 1. The molecule has 3 rings (SSSR count). The van der Waals surface area contributed by atoms with Gasteiger partial charge in [-0.25, -0.2) is 12.8 Å². The summed E-state index contributed by atoms with van der Waals surface area (Å²) in [4.78, 5) is 14.0. The van der Waals surface area contributed by atoms with Gasteiger partial charge in [-0.1, -0.05) is 41.9 Å². The number of piperazine rings is 1. The van der Waals surface area contributed by atoms with Crippen LogP contribution in [0.15, 0.2) is 51.8 Å². The van der Waals surface area contributed by atoms with Crippen molar-refractivity contribution in [3.05, 3.63) is 63.9 Å². The van der Waals surface area contributed by atoms with Crippen molar-refractivity contribution in [3.8, 4) is 0 Å². The standard InChI is InChI=1S/C20H22BrFN2O3S/c1-14(2)15-3-5-16(6-4-15)20(25)23-9-11-24(12-10-23)28(26,27)19-13-17(21)7-8-18(19)22/h3-8,13-14H,9-12H2,1-2H3. The van der Waals surface area contributed by atoms with Crippen LogP contribution in [0.1, 0.15) is 35.7 Å². The van der Waals surface area contributed by atoms with Gasteiger partial charge in [0, 0.05) is 36.2 Å². The van der Waals surface area contributed by atoms with Gasteiger partial charge < -0.3 is 4.90 Å². The predicted molar refractivity (Wildman–Crippen MR) is 109 cm³/mol. The Morgan fingerprint density at radius 3 is 2.21 bits per heavy atom. The van der Waals surface area contributed by atoms with Gasteiger partial charge in [-0.3, -0.25) is 4.79 Å². The molecule has 0 bridgehead atoms. The van der Waals surface area contributed by atoms with Crippen LogP contribution in [0.5, 0.6) is 0 Å². The topological polar surface area (TPSA) is 57.7 Å². The van der Waals surface area contributed by atoms with Crippen molar-refractivity contribution in [2.75, 3.05) is 26.2 Å². The Hall–Kier alpha value is -1.77. The lowest BCUT2D eigenvalue weighted by Gasteiger charge is -2.34. The maximum atomic E-state index is 14.0.